The highest BCUT2D eigenvalue weighted by Gasteiger charge is 2.35. The minimum absolute atomic E-state index is 0.00164. The second-order valence-electron chi connectivity index (χ2n) is 12.1. The van der Waals surface area contributed by atoms with E-state index >= 15 is 0 Å². The Morgan fingerprint density at radius 1 is 0.896 bits per heavy atom. The third kappa shape index (κ3) is 9.20. The molecular weight excluding hydrogens is 733 g/mol. The maximum Gasteiger partial charge on any atom is 0.264 e. The Hall–Kier alpha value is -3.37. The molecule has 0 spiro atoms. The van der Waals surface area contributed by atoms with Gasteiger partial charge in [-0.05, 0) is 79.4 Å². The maximum atomic E-state index is 14.7. The van der Waals surface area contributed by atoms with Crippen LogP contribution in [0.4, 0.5) is 5.69 Å². The molecule has 1 atom stereocenters. The highest BCUT2D eigenvalue weighted by molar-refractivity contribution is 9.10. The van der Waals surface area contributed by atoms with Crippen LogP contribution in [0.1, 0.15) is 48.8 Å². The summed E-state index contributed by atoms with van der Waals surface area (Å²) in [4.78, 5) is 30.4. The van der Waals surface area contributed by atoms with Gasteiger partial charge in [0.25, 0.3) is 10.0 Å². The van der Waals surface area contributed by atoms with E-state index in [0.29, 0.717) is 21.3 Å². The number of hydrogen-bond acceptors (Lipinski definition) is 4. The number of anilines is 1. The summed E-state index contributed by atoms with van der Waals surface area (Å²) in [6.45, 7) is 1.28. The van der Waals surface area contributed by atoms with E-state index < -0.39 is 28.5 Å². The highest BCUT2D eigenvalue weighted by atomic mass is 79.9. The fourth-order valence-electron chi connectivity index (χ4n) is 5.91. The van der Waals surface area contributed by atoms with Crippen molar-refractivity contribution in [2.24, 2.45) is 0 Å². The van der Waals surface area contributed by atoms with Gasteiger partial charge in [0, 0.05) is 33.5 Å². The second-order valence-corrected chi connectivity index (χ2v) is 15.7. The standard InChI is InChI=1S/C37H38BrCl2N3O4S/c1-26-12-20-33(21-13-26)48(46,47)43(32-18-15-29(38)16-19-32)25-36(44)42(24-28-14-17-30(39)23-34(28)40)35(22-27-8-4-2-5-9-27)37(45)41-31-10-6-3-7-11-31/h2,4-5,8-9,12-21,23,31,35H,3,6-7,10-11,22,24-25H2,1H3,(H,41,45)/t35-/m1/s1. The van der Waals surface area contributed by atoms with Gasteiger partial charge < -0.3 is 10.2 Å². The molecule has 48 heavy (non-hydrogen) atoms. The average Bonchev–Trinajstić information content (AvgIpc) is 3.07. The molecule has 1 fully saturated rings. The van der Waals surface area contributed by atoms with E-state index in [0.717, 1.165) is 52.0 Å². The van der Waals surface area contributed by atoms with Crippen molar-refractivity contribution >= 4 is 66.7 Å². The summed E-state index contributed by atoms with van der Waals surface area (Å²) in [5.41, 5.74) is 2.65. The monoisotopic (exact) mass is 769 g/mol. The van der Waals surface area contributed by atoms with Crippen LogP contribution < -0.4 is 9.62 Å². The van der Waals surface area contributed by atoms with Gasteiger partial charge in [-0.3, -0.25) is 13.9 Å². The fraction of sp³-hybridized carbons (Fsp3) is 0.297. The SMILES string of the molecule is Cc1ccc(S(=O)(=O)N(CC(=O)N(Cc2ccc(Cl)cc2Cl)[C@H](Cc2ccccc2)C(=O)NC2CCCCC2)c2ccc(Br)cc2)cc1. The molecule has 2 amide bonds. The van der Waals surface area contributed by atoms with Gasteiger partial charge in [0.1, 0.15) is 12.6 Å². The average molecular weight is 772 g/mol. The van der Waals surface area contributed by atoms with Crippen LogP contribution in [0.25, 0.3) is 0 Å². The zero-order valence-corrected chi connectivity index (χ0v) is 30.5. The smallest absolute Gasteiger partial charge is 0.264 e. The van der Waals surface area contributed by atoms with Crippen molar-refractivity contribution < 1.29 is 18.0 Å². The molecule has 1 aliphatic rings. The van der Waals surface area contributed by atoms with Crippen LogP contribution in [0.15, 0.2) is 106 Å². The van der Waals surface area contributed by atoms with Crippen LogP contribution in [0.5, 0.6) is 0 Å². The van der Waals surface area contributed by atoms with E-state index in [-0.39, 0.29) is 29.8 Å². The molecule has 0 aromatic heterocycles. The van der Waals surface area contributed by atoms with Crippen LogP contribution in [0.3, 0.4) is 0 Å². The lowest BCUT2D eigenvalue weighted by atomic mass is 9.94. The number of amides is 2. The van der Waals surface area contributed by atoms with Crippen molar-refractivity contribution in [3.8, 4) is 0 Å². The first-order chi connectivity index (χ1) is 23.0. The van der Waals surface area contributed by atoms with Gasteiger partial charge in [-0.25, -0.2) is 8.42 Å². The van der Waals surface area contributed by atoms with Gasteiger partial charge in [0.05, 0.1) is 10.6 Å². The lowest BCUT2D eigenvalue weighted by Gasteiger charge is -2.35. The quantitative estimate of drug-likeness (QED) is 0.157. The minimum atomic E-state index is -4.20. The molecule has 1 saturated carbocycles. The third-order valence-corrected chi connectivity index (χ3v) is 11.5. The Morgan fingerprint density at radius 3 is 2.21 bits per heavy atom. The summed E-state index contributed by atoms with van der Waals surface area (Å²) in [5.74, 6) is -0.847. The summed E-state index contributed by atoms with van der Waals surface area (Å²) in [7, 11) is -4.20. The summed E-state index contributed by atoms with van der Waals surface area (Å²) in [6.07, 6.45) is 5.13. The van der Waals surface area contributed by atoms with Crippen LogP contribution in [-0.4, -0.2) is 43.8 Å². The van der Waals surface area contributed by atoms with Gasteiger partial charge in [-0.15, -0.1) is 0 Å². The largest absolute Gasteiger partial charge is 0.352 e. The predicted molar refractivity (Wildman–Crippen MR) is 196 cm³/mol. The van der Waals surface area contributed by atoms with Crippen LogP contribution in [-0.2, 0) is 32.6 Å². The number of halogens is 3. The number of rotatable bonds is 12. The van der Waals surface area contributed by atoms with E-state index in [2.05, 4.69) is 21.2 Å². The molecule has 4 aromatic rings. The van der Waals surface area contributed by atoms with E-state index in [1.165, 1.54) is 17.0 Å². The predicted octanol–water partition coefficient (Wildman–Crippen LogP) is 8.35. The molecule has 252 valence electrons. The van der Waals surface area contributed by atoms with E-state index in [4.69, 9.17) is 23.2 Å². The summed E-state index contributed by atoms with van der Waals surface area (Å²) >= 11 is 16.2. The van der Waals surface area contributed by atoms with Crippen molar-refractivity contribution in [1.29, 1.82) is 0 Å². The fourth-order valence-corrected chi connectivity index (χ4v) is 8.05. The Morgan fingerprint density at radius 2 is 1.56 bits per heavy atom. The zero-order chi connectivity index (χ0) is 34.3. The summed E-state index contributed by atoms with van der Waals surface area (Å²) in [5, 5.41) is 3.98. The number of nitrogens with zero attached hydrogens (tertiary/aromatic N) is 2. The first kappa shape index (κ1) is 35.9. The van der Waals surface area contributed by atoms with E-state index in [9.17, 15) is 18.0 Å². The lowest BCUT2D eigenvalue weighted by molar-refractivity contribution is -0.140. The molecule has 0 heterocycles. The summed E-state index contributed by atoms with van der Waals surface area (Å²) < 4.78 is 30.3. The lowest BCUT2D eigenvalue weighted by Crippen LogP contribution is -2.55. The third-order valence-electron chi connectivity index (χ3n) is 8.58. The van der Waals surface area contributed by atoms with Crippen molar-refractivity contribution in [3.63, 3.8) is 0 Å². The maximum absolute atomic E-state index is 14.7. The van der Waals surface area contributed by atoms with Crippen molar-refractivity contribution in [1.82, 2.24) is 10.2 Å². The van der Waals surface area contributed by atoms with E-state index in [1.807, 2.05) is 37.3 Å². The number of benzene rings is 4. The first-order valence-corrected chi connectivity index (χ1v) is 18.9. The highest BCUT2D eigenvalue weighted by Crippen LogP contribution is 2.28. The Labute approximate surface area is 301 Å². The molecule has 0 radical (unpaired) electrons. The number of nitrogens with one attached hydrogen (secondary N) is 1. The molecule has 0 aliphatic heterocycles. The molecule has 0 bridgehead atoms. The topological polar surface area (TPSA) is 86.8 Å². The molecule has 1 N–H and O–H groups in total. The van der Waals surface area contributed by atoms with E-state index in [1.54, 1.807) is 54.6 Å². The van der Waals surface area contributed by atoms with Gasteiger partial charge in [-0.1, -0.05) is 112 Å². The van der Waals surface area contributed by atoms with Gasteiger partial charge >= 0.3 is 0 Å². The van der Waals surface area contributed by atoms with Crippen LogP contribution in [0, 0.1) is 6.92 Å². The van der Waals surface area contributed by atoms with Crippen molar-refractivity contribution in [2.45, 2.75) is 69.0 Å². The molecule has 4 aromatic carbocycles. The molecule has 11 heteroatoms. The summed E-state index contributed by atoms with van der Waals surface area (Å²) in [6, 6.07) is 26.7. The molecule has 0 saturated heterocycles. The van der Waals surface area contributed by atoms with Gasteiger partial charge in [-0.2, -0.15) is 0 Å². The zero-order valence-electron chi connectivity index (χ0n) is 26.6. The number of hydrogen-bond donors (Lipinski definition) is 1. The van der Waals surface area contributed by atoms with Crippen LogP contribution in [0.2, 0.25) is 10.0 Å². The number of carbonyl (C=O) groups is 2. The Balaban J connectivity index is 1.57. The molecule has 7 nitrogen and oxygen atoms in total. The molecular formula is C37H38BrCl2N3O4S. The Kier molecular flexibility index (Phi) is 12.2. The van der Waals surface area contributed by atoms with Crippen molar-refractivity contribution in [3.05, 3.63) is 128 Å². The number of carbonyl (C=O) groups excluding carboxylic acids is 2. The number of aryl methyl sites for hydroxylation is 1. The Bertz CT molecular complexity index is 1820. The van der Waals surface area contributed by atoms with Crippen LogP contribution >= 0.6 is 39.1 Å². The molecule has 1 aliphatic carbocycles. The number of sulfonamides is 1. The minimum Gasteiger partial charge on any atom is -0.352 e. The first-order valence-electron chi connectivity index (χ1n) is 15.9. The molecule has 0 unspecified atom stereocenters. The van der Waals surface area contributed by atoms with Gasteiger partial charge in [0.2, 0.25) is 11.8 Å². The van der Waals surface area contributed by atoms with Crippen molar-refractivity contribution in [2.75, 3.05) is 10.8 Å². The van der Waals surface area contributed by atoms with Gasteiger partial charge in [0.15, 0.2) is 0 Å². The molecule has 5 rings (SSSR count). The second kappa shape index (κ2) is 16.4. The normalized spacial score (nSPS) is 14.2.